The highest BCUT2D eigenvalue weighted by molar-refractivity contribution is 5.93. The number of rotatable bonds is 12. The summed E-state index contributed by atoms with van der Waals surface area (Å²) in [6, 6.07) is -3.17. The van der Waals surface area contributed by atoms with Gasteiger partial charge in [-0.15, -0.1) is 0 Å². The van der Waals surface area contributed by atoms with E-state index < -0.39 is 60.7 Å². The van der Waals surface area contributed by atoms with Gasteiger partial charge in [0.1, 0.15) is 12.1 Å². The molecule has 0 aromatic heterocycles. The molecule has 160 valence electrons. The van der Waals surface area contributed by atoms with Gasteiger partial charge in [-0.1, -0.05) is 27.7 Å². The van der Waals surface area contributed by atoms with E-state index in [-0.39, 0.29) is 11.8 Å². The van der Waals surface area contributed by atoms with Crippen molar-refractivity contribution < 1.29 is 29.1 Å². The van der Waals surface area contributed by atoms with Gasteiger partial charge in [-0.2, -0.15) is 0 Å². The minimum absolute atomic E-state index is 0.207. The first-order valence-electron chi connectivity index (χ1n) is 8.99. The molecule has 11 nitrogen and oxygen atoms in total. The molecule has 3 atom stereocenters. The Morgan fingerprint density at radius 2 is 1.54 bits per heavy atom. The second kappa shape index (κ2) is 11.9. The van der Waals surface area contributed by atoms with Crippen molar-refractivity contribution >= 4 is 29.6 Å². The lowest BCUT2D eigenvalue weighted by Gasteiger charge is -2.24. The molecule has 0 aromatic rings. The molecular formula is C17H31N5O6. The van der Waals surface area contributed by atoms with E-state index in [1.807, 2.05) is 13.8 Å². The van der Waals surface area contributed by atoms with Crippen LogP contribution in [0.1, 0.15) is 40.5 Å². The Kier molecular flexibility index (Phi) is 10.8. The van der Waals surface area contributed by atoms with Crippen molar-refractivity contribution in [3.63, 3.8) is 0 Å². The van der Waals surface area contributed by atoms with E-state index in [0.29, 0.717) is 6.42 Å². The summed E-state index contributed by atoms with van der Waals surface area (Å²) >= 11 is 0. The zero-order valence-electron chi connectivity index (χ0n) is 16.7. The fourth-order valence-electron chi connectivity index (χ4n) is 2.33. The van der Waals surface area contributed by atoms with Crippen LogP contribution in [0.5, 0.6) is 0 Å². The maximum absolute atomic E-state index is 12.3. The minimum atomic E-state index is -1.49. The molecule has 0 saturated carbocycles. The monoisotopic (exact) mass is 401 g/mol. The number of carboxylic acid groups (broad SMARTS) is 1. The molecule has 0 aliphatic rings. The lowest BCUT2D eigenvalue weighted by molar-refractivity contribution is -0.143. The number of primary amides is 1. The lowest BCUT2D eigenvalue weighted by Crippen LogP contribution is -2.55. The number of hydrogen-bond donors (Lipinski definition) is 6. The van der Waals surface area contributed by atoms with Crippen molar-refractivity contribution in [1.29, 1.82) is 0 Å². The van der Waals surface area contributed by atoms with Crippen molar-refractivity contribution in [2.24, 2.45) is 23.3 Å². The molecule has 0 rings (SSSR count). The Hall–Kier alpha value is -2.69. The topological polar surface area (TPSA) is 194 Å². The van der Waals surface area contributed by atoms with Crippen LogP contribution in [0.25, 0.3) is 0 Å². The Labute approximate surface area is 164 Å². The lowest BCUT2D eigenvalue weighted by atomic mass is 10.0. The first kappa shape index (κ1) is 25.3. The number of carbonyl (C=O) groups is 5. The summed E-state index contributed by atoms with van der Waals surface area (Å²) in [7, 11) is 0. The molecule has 0 aromatic carbocycles. The van der Waals surface area contributed by atoms with Crippen molar-refractivity contribution in [3.05, 3.63) is 0 Å². The van der Waals surface area contributed by atoms with Gasteiger partial charge in [0.05, 0.1) is 19.0 Å². The zero-order chi connectivity index (χ0) is 22.0. The van der Waals surface area contributed by atoms with Crippen LogP contribution in [0.4, 0.5) is 0 Å². The quantitative estimate of drug-likeness (QED) is 0.219. The average molecular weight is 401 g/mol. The molecule has 0 radical (unpaired) electrons. The van der Waals surface area contributed by atoms with Crippen LogP contribution >= 0.6 is 0 Å². The van der Waals surface area contributed by atoms with E-state index in [4.69, 9.17) is 16.6 Å². The molecule has 0 heterocycles. The molecule has 0 spiro atoms. The summed E-state index contributed by atoms with van der Waals surface area (Å²) in [5.74, 6) is -4.29. The number of nitrogens with one attached hydrogen (secondary N) is 3. The van der Waals surface area contributed by atoms with Gasteiger partial charge in [0.25, 0.3) is 0 Å². The van der Waals surface area contributed by atoms with Crippen LogP contribution in [-0.2, 0) is 24.0 Å². The SMILES string of the molecule is CC(C)CC(N)C(=O)NC(C(=O)NCC(=O)NC(CC(N)=O)C(=O)O)C(C)C. The Morgan fingerprint density at radius 3 is 1.96 bits per heavy atom. The van der Waals surface area contributed by atoms with E-state index >= 15 is 0 Å². The number of aliphatic carboxylic acids is 1. The highest BCUT2D eigenvalue weighted by Gasteiger charge is 2.28. The van der Waals surface area contributed by atoms with Gasteiger partial charge in [-0.05, 0) is 18.3 Å². The van der Waals surface area contributed by atoms with Gasteiger partial charge < -0.3 is 32.5 Å². The third kappa shape index (κ3) is 9.86. The summed E-state index contributed by atoms with van der Waals surface area (Å²) in [6.07, 6.45) is -0.120. The summed E-state index contributed by atoms with van der Waals surface area (Å²) in [5, 5.41) is 15.9. The van der Waals surface area contributed by atoms with Crippen LogP contribution in [0, 0.1) is 11.8 Å². The van der Waals surface area contributed by atoms with Gasteiger partial charge in [0.2, 0.25) is 23.6 Å². The standard InChI is InChI=1S/C17H31N5O6/c1-8(2)5-10(18)15(25)22-14(9(3)4)16(26)20-7-13(24)21-11(17(27)28)6-12(19)23/h8-11,14H,5-7,18H2,1-4H3,(H2,19,23)(H,20,26)(H,21,24)(H,22,25)(H,27,28). The molecular weight excluding hydrogens is 370 g/mol. The molecule has 28 heavy (non-hydrogen) atoms. The van der Waals surface area contributed by atoms with E-state index in [2.05, 4.69) is 16.0 Å². The second-order valence-corrected chi connectivity index (χ2v) is 7.31. The highest BCUT2D eigenvalue weighted by Crippen LogP contribution is 2.06. The smallest absolute Gasteiger partial charge is 0.326 e. The van der Waals surface area contributed by atoms with Crippen LogP contribution < -0.4 is 27.4 Å². The predicted octanol–water partition coefficient (Wildman–Crippen LogP) is -1.94. The number of carbonyl (C=O) groups excluding carboxylic acids is 4. The summed E-state index contributed by atoms with van der Waals surface area (Å²) in [5.41, 5.74) is 10.7. The van der Waals surface area contributed by atoms with Gasteiger partial charge in [-0.3, -0.25) is 19.2 Å². The number of amides is 4. The normalized spacial score (nSPS) is 14.1. The van der Waals surface area contributed by atoms with E-state index in [0.717, 1.165) is 0 Å². The summed E-state index contributed by atoms with van der Waals surface area (Å²) < 4.78 is 0. The first-order chi connectivity index (χ1) is 12.8. The van der Waals surface area contributed by atoms with Crippen molar-refractivity contribution in [2.45, 2.75) is 58.7 Å². The number of hydrogen-bond acceptors (Lipinski definition) is 6. The van der Waals surface area contributed by atoms with Crippen LogP contribution in [0.3, 0.4) is 0 Å². The fourth-order valence-corrected chi connectivity index (χ4v) is 2.33. The molecule has 0 aliphatic carbocycles. The first-order valence-corrected chi connectivity index (χ1v) is 8.99. The van der Waals surface area contributed by atoms with Crippen molar-refractivity contribution in [2.75, 3.05) is 6.54 Å². The van der Waals surface area contributed by atoms with Crippen molar-refractivity contribution in [3.8, 4) is 0 Å². The molecule has 0 bridgehead atoms. The van der Waals surface area contributed by atoms with E-state index in [1.165, 1.54) is 0 Å². The third-order valence-electron chi connectivity index (χ3n) is 3.77. The molecule has 0 aliphatic heterocycles. The molecule has 3 unspecified atom stereocenters. The molecule has 8 N–H and O–H groups in total. The van der Waals surface area contributed by atoms with Crippen LogP contribution in [0.2, 0.25) is 0 Å². The molecule has 0 saturated heterocycles. The molecule has 0 fully saturated rings. The van der Waals surface area contributed by atoms with E-state index in [9.17, 15) is 24.0 Å². The maximum Gasteiger partial charge on any atom is 0.326 e. The summed E-state index contributed by atoms with van der Waals surface area (Å²) in [4.78, 5) is 58.2. The van der Waals surface area contributed by atoms with Gasteiger partial charge >= 0.3 is 5.97 Å². The van der Waals surface area contributed by atoms with Gasteiger partial charge in [-0.25, -0.2) is 4.79 Å². The maximum atomic E-state index is 12.3. The van der Waals surface area contributed by atoms with Gasteiger partial charge in [0.15, 0.2) is 0 Å². The van der Waals surface area contributed by atoms with Crippen LogP contribution in [-0.4, -0.2) is 59.4 Å². The van der Waals surface area contributed by atoms with Gasteiger partial charge in [0, 0.05) is 0 Å². The molecule has 4 amide bonds. The minimum Gasteiger partial charge on any atom is -0.480 e. The van der Waals surface area contributed by atoms with Crippen molar-refractivity contribution in [1.82, 2.24) is 16.0 Å². The predicted molar refractivity (Wildman–Crippen MR) is 101 cm³/mol. The third-order valence-corrected chi connectivity index (χ3v) is 3.77. The average Bonchev–Trinajstić information content (AvgIpc) is 2.55. The zero-order valence-corrected chi connectivity index (χ0v) is 16.7. The number of carboxylic acids is 1. The highest BCUT2D eigenvalue weighted by atomic mass is 16.4. The largest absolute Gasteiger partial charge is 0.480 e. The Morgan fingerprint density at radius 1 is 0.964 bits per heavy atom. The Bertz CT molecular complexity index is 593. The van der Waals surface area contributed by atoms with E-state index in [1.54, 1.807) is 13.8 Å². The fraction of sp³-hybridized carbons (Fsp3) is 0.706. The molecule has 11 heteroatoms. The van der Waals surface area contributed by atoms with Crippen LogP contribution in [0.15, 0.2) is 0 Å². The second-order valence-electron chi connectivity index (χ2n) is 7.31. The summed E-state index contributed by atoms with van der Waals surface area (Å²) in [6.45, 7) is 6.73. The number of nitrogens with two attached hydrogens (primary N) is 2. The Balaban J connectivity index is 4.76.